The molecule has 1 atom stereocenters. The second-order valence-electron chi connectivity index (χ2n) is 4.40. The molecular formula is C13H17NO4S. The smallest absolute Gasteiger partial charge is 0.343 e. The number of hydrogen-bond donors (Lipinski definition) is 1. The number of nitrogens with zero attached hydrogens (tertiary/aromatic N) is 1. The Bertz CT molecular complexity index is 476. The van der Waals surface area contributed by atoms with E-state index in [9.17, 15) is 14.9 Å². The van der Waals surface area contributed by atoms with Crippen molar-refractivity contribution in [2.24, 2.45) is 5.92 Å². The monoisotopic (exact) mass is 283 g/mol. The Morgan fingerprint density at radius 3 is 2.74 bits per heavy atom. The van der Waals surface area contributed by atoms with E-state index in [-0.39, 0.29) is 11.3 Å². The molecular weight excluding hydrogens is 266 g/mol. The van der Waals surface area contributed by atoms with Gasteiger partial charge >= 0.3 is 5.97 Å². The standard InChI is InChI=1S/C13H17NO4S/c1-3-9(2)7-19-8-10-5-4-6-11(14(17)18)12(10)13(15)16/h4-6,9H,3,7-8H2,1-2H3,(H,15,16). The number of carbonyl (C=O) groups is 1. The summed E-state index contributed by atoms with van der Waals surface area (Å²) in [5.74, 6) is 0.703. The highest BCUT2D eigenvalue weighted by Gasteiger charge is 2.23. The van der Waals surface area contributed by atoms with Gasteiger partial charge in [-0.25, -0.2) is 4.79 Å². The van der Waals surface area contributed by atoms with Crippen molar-refractivity contribution in [2.75, 3.05) is 5.75 Å². The number of benzene rings is 1. The van der Waals surface area contributed by atoms with Crippen molar-refractivity contribution in [1.82, 2.24) is 0 Å². The van der Waals surface area contributed by atoms with Gasteiger partial charge in [0.15, 0.2) is 0 Å². The van der Waals surface area contributed by atoms with Gasteiger partial charge in [0.25, 0.3) is 5.69 Å². The van der Waals surface area contributed by atoms with Crippen LogP contribution in [0.1, 0.15) is 36.2 Å². The van der Waals surface area contributed by atoms with Gasteiger partial charge in [-0.2, -0.15) is 11.8 Å². The SMILES string of the molecule is CCC(C)CSCc1cccc([N+](=O)[O-])c1C(=O)O. The summed E-state index contributed by atoms with van der Waals surface area (Å²) in [5.41, 5.74) is -0.0201. The first kappa shape index (κ1) is 15.5. The molecule has 1 unspecified atom stereocenters. The summed E-state index contributed by atoms with van der Waals surface area (Å²) in [6.45, 7) is 4.22. The highest BCUT2D eigenvalue weighted by molar-refractivity contribution is 7.98. The van der Waals surface area contributed by atoms with E-state index in [0.29, 0.717) is 17.2 Å². The van der Waals surface area contributed by atoms with Gasteiger partial charge in [0.05, 0.1) is 4.92 Å². The van der Waals surface area contributed by atoms with Crippen molar-refractivity contribution >= 4 is 23.4 Å². The minimum absolute atomic E-state index is 0.191. The molecule has 0 aliphatic heterocycles. The molecule has 104 valence electrons. The normalized spacial score (nSPS) is 12.1. The first-order chi connectivity index (χ1) is 8.97. The lowest BCUT2D eigenvalue weighted by atomic mass is 10.1. The van der Waals surface area contributed by atoms with Crippen LogP contribution in [-0.4, -0.2) is 21.8 Å². The van der Waals surface area contributed by atoms with Crippen LogP contribution in [0.5, 0.6) is 0 Å². The van der Waals surface area contributed by atoms with E-state index in [0.717, 1.165) is 12.2 Å². The number of hydrogen-bond acceptors (Lipinski definition) is 4. The molecule has 0 fully saturated rings. The number of carboxylic acid groups (broad SMARTS) is 1. The van der Waals surface area contributed by atoms with Crippen molar-refractivity contribution < 1.29 is 14.8 Å². The molecule has 0 aliphatic rings. The number of nitro groups is 1. The van der Waals surface area contributed by atoms with Gasteiger partial charge in [-0.05, 0) is 17.2 Å². The van der Waals surface area contributed by atoms with Crippen molar-refractivity contribution in [1.29, 1.82) is 0 Å². The molecule has 0 aromatic heterocycles. The maximum Gasteiger partial charge on any atom is 0.343 e. The second-order valence-corrected chi connectivity index (χ2v) is 5.43. The number of thioether (sulfide) groups is 1. The minimum atomic E-state index is -1.24. The van der Waals surface area contributed by atoms with Crippen LogP contribution < -0.4 is 0 Å². The zero-order chi connectivity index (χ0) is 14.4. The lowest BCUT2D eigenvalue weighted by Gasteiger charge is -2.09. The summed E-state index contributed by atoms with van der Waals surface area (Å²) >= 11 is 1.61. The van der Waals surface area contributed by atoms with Gasteiger partial charge in [-0.15, -0.1) is 0 Å². The zero-order valence-corrected chi connectivity index (χ0v) is 11.8. The number of rotatable bonds is 7. The maximum atomic E-state index is 11.2. The predicted molar refractivity (Wildman–Crippen MR) is 75.7 cm³/mol. The van der Waals surface area contributed by atoms with E-state index in [2.05, 4.69) is 13.8 Å². The van der Waals surface area contributed by atoms with Crippen LogP contribution in [0.4, 0.5) is 5.69 Å². The Morgan fingerprint density at radius 1 is 1.53 bits per heavy atom. The molecule has 0 saturated heterocycles. The third kappa shape index (κ3) is 4.24. The molecule has 0 amide bonds. The molecule has 1 N–H and O–H groups in total. The van der Waals surface area contributed by atoms with E-state index >= 15 is 0 Å². The summed E-state index contributed by atoms with van der Waals surface area (Å²) in [7, 11) is 0. The summed E-state index contributed by atoms with van der Waals surface area (Å²) in [4.78, 5) is 21.4. The molecule has 0 heterocycles. The van der Waals surface area contributed by atoms with Crippen molar-refractivity contribution in [3.05, 3.63) is 39.4 Å². The van der Waals surface area contributed by atoms with Gasteiger partial charge in [0.1, 0.15) is 5.56 Å². The van der Waals surface area contributed by atoms with Crippen molar-refractivity contribution in [3.8, 4) is 0 Å². The van der Waals surface area contributed by atoms with E-state index in [1.54, 1.807) is 17.8 Å². The molecule has 1 aromatic carbocycles. The number of carboxylic acids is 1. The summed E-state index contributed by atoms with van der Waals surface area (Å²) in [6.07, 6.45) is 1.06. The van der Waals surface area contributed by atoms with Crippen LogP contribution in [-0.2, 0) is 5.75 Å². The fourth-order valence-electron chi connectivity index (χ4n) is 1.59. The van der Waals surface area contributed by atoms with Gasteiger partial charge in [0, 0.05) is 11.8 Å². The summed E-state index contributed by atoms with van der Waals surface area (Å²) in [5, 5.41) is 20.0. The molecule has 0 radical (unpaired) electrons. The van der Waals surface area contributed by atoms with E-state index < -0.39 is 10.9 Å². The number of aromatic carboxylic acids is 1. The lowest BCUT2D eigenvalue weighted by molar-refractivity contribution is -0.385. The topological polar surface area (TPSA) is 80.4 Å². The van der Waals surface area contributed by atoms with E-state index in [4.69, 9.17) is 5.11 Å². The predicted octanol–water partition coefficient (Wildman–Crippen LogP) is 3.57. The van der Waals surface area contributed by atoms with Crippen LogP contribution in [0.15, 0.2) is 18.2 Å². The van der Waals surface area contributed by atoms with Crippen molar-refractivity contribution in [2.45, 2.75) is 26.0 Å². The third-order valence-corrected chi connectivity index (χ3v) is 4.22. The molecule has 0 bridgehead atoms. The van der Waals surface area contributed by atoms with Crippen molar-refractivity contribution in [3.63, 3.8) is 0 Å². The van der Waals surface area contributed by atoms with Crippen LogP contribution in [0.3, 0.4) is 0 Å². The van der Waals surface area contributed by atoms with Crippen LogP contribution in [0.25, 0.3) is 0 Å². The van der Waals surface area contributed by atoms with Crippen LogP contribution in [0, 0.1) is 16.0 Å². The molecule has 5 nitrogen and oxygen atoms in total. The molecule has 0 saturated carbocycles. The largest absolute Gasteiger partial charge is 0.477 e. The Morgan fingerprint density at radius 2 is 2.21 bits per heavy atom. The Kier molecular flexibility index (Phi) is 5.82. The summed E-state index contributed by atoms with van der Waals surface area (Å²) < 4.78 is 0. The van der Waals surface area contributed by atoms with E-state index in [1.807, 2.05) is 0 Å². The first-order valence-corrected chi connectivity index (χ1v) is 7.20. The van der Waals surface area contributed by atoms with E-state index in [1.165, 1.54) is 12.1 Å². The fourth-order valence-corrected chi connectivity index (χ4v) is 2.81. The highest BCUT2D eigenvalue weighted by atomic mass is 32.2. The van der Waals surface area contributed by atoms with Gasteiger partial charge in [0.2, 0.25) is 0 Å². The fraction of sp³-hybridized carbons (Fsp3) is 0.462. The molecule has 0 aliphatic carbocycles. The minimum Gasteiger partial charge on any atom is -0.477 e. The average molecular weight is 283 g/mol. The van der Waals surface area contributed by atoms with Gasteiger partial charge < -0.3 is 5.11 Å². The van der Waals surface area contributed by atoms with Gasteiger partial charge in [-0.1, -0.05) is 32.4 Å². The Balaban J connectivity index is 2.91. The maximum absolute atomic E-state index is 11.2. The Hall–Kier alpha value is -1.56. The molecule has 6 heteroatoms. The molecule has 0 spiro atoms. The summed E-state index contributed by atoms with van der Waals surface area (Å²) in [6, 6.07) is 4.40. The lowest BCUT2D eigenvalue weighted by Crippen LogP contribution is -2.07. The second kappa shape index (κ2) is 7.13. The molecule has 19 heavy (non-hydrogen) atoms. The number of nitro benzene ring substituents is 1. The van der Waals surface area contributed by atoms with Gasteiger partial charge in [-0.3, -0.25) is 10.1 Å². The Labute approximate surface area is 116 Å². The van der Waals surface area contributed by atoms with Crippen LogP contribution >= 0.6 is 11.8 Å². The molecule has 1 aromatic rings. The first-order valence-electron chi connectivity index (χ1n) is 6.04. The average Bonchev–Trinajstić information content (AvgIpc) is 2.37. The third-order valence-electron chi connectivity index (χ3n) is 2.90. The quantitative estimate of drug-likeness (QED) is 0.611. The zero-order valence-electron chi connectivity index (χ0n) is 11.0. The molecule has 1 rings (SSSR count). The van der Waals surface area contributed by atoms with Crippen LogP contribution in [0.2, 0.25) is 0 Å². The highest BCUT2D eigenvalue weighted by Crippen LogP contribution is 2.26.